The summed E-state index contributed by atoms with van der Waals surface area (Å²) in [5, 5.41) is 0. The Balaban J connectivity index is 3.25. The fourth-order valence-electron chi connectivity index (χ4n) is 1.68. The van der Waals surface area contributed by atoms with Crippen LogP contribution in [0.2, 0.25) is 0 Å². The molecule has 2 nitrogen and oxygen atoms in total. The van der Waals surface area contributed by atoms with Crippen molar-refractivity contribution >= 4 is 5.78 Å². The van der Waals surface area contributed by atoms with Gasteiger partial charge in [0.15, 0.2) is 0 Å². The van der Waals surface area contributed by atoms with E-state index in [-0.39, 0.29) is 18.6 Å². The van der Waals surface area contributed by atoms with Crippen molar-refractivity contribution in [3.05, 3.63) is 0 Å². The van der Waals surface area contributed by atoms with Gasteiger partial charge in [-0.05, 0) is 12.8 Å². The molecule has 5 heteroatoms. The predicted molar refractivity (Wildman–Crippen MR) is 64.5 cm³/mol. The summed E-state index contributed by atoms with van der Waals surface area (Å²) in [6.45, 7) is 0.774. The molecule has 0 bridgehead atoms. The van der Waals surface area contributed by atoms with E-state index in [1.54, 1.807) is 7.11 Å². The second kappa shape index (κ2) is 10.4. The fourth-order valence-corrected chi connectivity index (χ4v) is 1.68. The van der Waals surface area contributed by atoms with E-state index in [0.717, 1.165) is 38.7 Å². The molecule has 0 rings (SSSR count). The fraction of sp³-hybridized carbons (Fsp3) is 0.923. The SMILES string of the molecule is COCCCCCCCCC(=O)CCC(F)(F)F. The van der Waals surface area contributed by atoms with E-state index in [1.165, 1.54) is 0 Å². The molecule has 0 unspecified atom stereocenters. The predicted octanol–water partition coefficient (Wildman–Crippen LogP) is 4.28. The van der Waals surface area contributed by atoms with Crippen LogP contribution < -0.4 is 0 Å². The molecule has 18 heavy (non-hydrogen) atoms. The third-order valence-electron chi connectivity index (χ3n) is 2.74. The summed E-state index contributed by atoms with van der Waals surface area (Å²) in [6, 6.07) is 0. The minimum atomic E-state index is -4.21. The van der Waals surface area contributed by atoms with Gasteiger partial charge in [0, 0.05) is 26.6 Å². The maximum Gasteiger partial charge on any atom is 0.389 e. The number of ether oxygens (including phenoxy) is 1. The Morgan fingerprint density at radius 2 is 1.50 bits per heavy atom. The standard InChI is InChI=1S/C13H23F3O2/c1-18-11-7-5-3-2-4-6-8-12(17)9-10-13(14,15)16/h2-11H2,1H3. The molecule has 0 heterocycles. The smallest absolute Gasteiger partial charge is 0.385 e. The lowest BCUT2D eigenvalue weighted by Crippen LogP contribution is -2.10. The number of alkyl halides is 3. The first-order valence-corrected chi connectivity index (χ1v) is 6.53. The van der Waals surface area contributed by atoms with E-state index in [4.69, 9.17) is 4.74 Å². The molecular weight excluding hydrogens is 245 g/mol. The number of hydrogen-bond acceptors (Lipinski definition) is 2. The Hall–Kier alpha value is -0.580. The third kappa shape index (κ3) is 13.5. The van der Waals surface area contributed by atoms with Crippen LogP contribution in [0.3, 0.4) is 0 Å². The number of rotatable bonds is 11. The number of unbranched alkanes of at least 4 members (excludes halogenated alkanes) is 5. The Kier molecular flexibility index (Phi) is 10.0. The van der Waals surface area contributed by atoms with Crippen molar-refractivity contribution in [2.45, 2.75) is 64.0 Å². The van der Waals surface area contributed by atoms with Crippen LogP contribution in [-0.2, 0) is 9.53 Å². The molecule has 0 aliphatic rings. The van der Waals surface area contributed by atoms with Gasteiger partial charge in [0.25, 0.3) is 0 Å². The van der Waals surface area contributed by atoms with Crippen LogP contribution >= 0.6 is 0 Å². The molecule has 108 valence electrons. The van der Waals surface area contributed by atoms with Gasteiger partial charge in [-0.2, -0.15) is 13.2 Å². The minimum absolute atomic E-state index is 0.272. The van der Waals surface area contributed by atoms with Gasteiger partial charge in [0.1, 0.15) is 5.78 Å². The molecule has 0 saturated carbocycles. The molecule has 0 spiro atoms. The number of ketones is 1. The maximum atomic E-state index is 11.8. The van der Waals surface area contributed by atoms with E-state index in [2.05, 4.69) is 0 Å². The van der Waals surface area contributed by atoms with Gasteiger partial charge in [0.2, 0.25) is 0 Å². The highest BCUT2D eigenvalue weighted by atomic mass is 19.4. The van der Waals surface area contributed by atoms with Crippen molar-refractivity contribution < 1.29 is 22.7 Å². The zero-order chi connectivity index (χ0) is 13.9. The largest absolute Gasteiger partial charge is 0.389 e. The number of Topliss-reactive ketones (excluding diaryl/α,β-unsaturated/α-hetero) is 1. The quantitative estimate of drug-likeness (QED) is 0.523. The van der Waals surface area contributed by atoms with Crippen LogP contribution in [0.5, 0.6) is 0 Å². The highest BCUT2D eigenvalue weighted by molar-refractivity contribution is 5.78. The van der Waals surface area contributed by atoms with E-state index < -0.39 is 12.6 Å². The van der Waals surface area contributed by atoms with Crippen LogP contribution in [0.25, 0.3) is 0 Å². The zero-order valence-electron chi connectivity index (χ0n) is 11.0. The number of carbonyl (C=O) groups is 1. The van der Waals surface area contributed by atoms with Crippen molar-refractivity contribution in [1.29, 1.82) is 0 Å². The average molecular weight is 268 g/mol. The lowest BCUT2D eigenvalue weighted by molar-refractivity contribution is -0.143. The molecule has 0 aliphatic carbocycles. The van der Waals surface area contributed by atoms with Crippen LogP contribution in [0.4, 0.5) is 13.2 Å². The van der Waals surface area contributed by atoms with Gasteiger partial charge in [-0.25, -0.2) is 0 Å². The highest BCUT2D eigenvalue weighted by Gasteiger charge is 2.27. The zero-order valence-corrected chi connectivity index (χ0v) is 11.0. The first-order valence-electron chi connectivity index (χ1n) is 6.53. The maximum absolute atomic E-state index is 11.8. The highest BCUT2D eigenvalue weighted by Crippen LogP contribution is 2.22. The molecule has 0 saturated heterocycles. The summed E-state index contributed by atoms with van der Waals surface area (Å²) in [5.41, 5.74) is 0. The normalized spacial score (nSPS) is 11.8. The Morgan fingerprint density at radius 1 is 0.944 bits per heavy atom. The molecular formula is C13H23F3O2. The lowest BCUT2D eigenvalue weighted by atomic mass is 10.1. The second-order valence-electron chi connectivity index (χ2n) is 4.52. The van der Waals surface area contributed by atoms with Crippen molar-refractivity contribution in [2.75, 3.05) is 13.7 Å². The van der Waals surface area contributed by atoms with E-state index >= 15 is 0 Å². The molecule has 0 N–H and O–H groups in total. The van der Waals surface area contributed by atoms with Gasteiger partial charge in [-0.3, -0.25) is 4.79 Å². The summed E-state index contributed by atoms with van der Waals surface area (Å²) in [6.07, 6.45) is 0.643. The molecule has 0 fully saturated rings. The van der Waals surface area contributed by atoms with Crippen molar-refractivity contribution in [3.8, 4) is 0 Å². The van der Waals surface area contributed by atoms with E-state index in [0.29, 0.717) is 6.42 Å². The third-order valence-corrected chi connectivity index (χ3v) is 2.74. The lowest BCUT2D eigenvalue weighted by Gasteiger charge is -2.05. The van der Waals surface area contributed by atoms with Crippen LogP contribution in [0, 0.1) is 0 Å². The van der Waals surface area contributed by atoms with Crippen LogP contribution in [-0.4, -0.2) is 25.7 Å². The van der Waals surface area contributed by atoms with E-state index in [1.807, 2.05) is 0 Å². The Morgan fingerprint density at radius 3 is 2.06 bits per heavy atom. The average Bonchev–Trinajstić information content (AvgIpc) is 2.29. The first kappa shape index (κ1) is 17.4. The van der Waals surface area contributed by atoms with Gasteiger partial charge < -0.3 is 4.74 Å². The van der Waals surface area contributed by atoms with Crippen LogP contribution in [0.15, 0.2) is 0 Å². The van der Waals surface area contributed by atoms with Gasteiger partial charge in [-0.1, -0.05) is 25.7 Å². The molecule has 0 aromatic carbocycles. The summed E-state index contributed by atoms with van der Waals surface area (Å²) in [7, 11) is 1.67. The van der Waals surface area contributed by atoms with Gasteiger partial charge in [-0.15, -0.1) is 0 Å². The monoisotopic (exact) mass is 268 g/mol. The summed E-state index contributed by atoms with van der Waals surface area (Å²) in [4.78, 5) is 11.1. The summed E-state index contributed by atoms with van der Waals surface area (Å²) < 4.78 is 40.5. The van der Waals surface area contributed by atoms with Crippen molar-refractivity contribution in [1.82, 2.24) is 0 Å². The number of methoxy groups -OCH3 is 1. The second-order valence-corrected chi connectivity index (χ2v) is 4.52. The number of hydrogen-bond donors (Lipinski definition) is 0. The van der Waals surface area contributed by atoms with Crippen LogP contribution in [0.1, 0.15) is 57.8 Å². The van der Waals surface area contributed by atoms with Crippen molar-refractivity contribution in [3.63, 3.8) is 0 Å². The number of carbonyl (C=O) groups excluding carboxylic acids is 1. The van der Waals surface area contributed by atoms with E-state index in [9.17, 15) is 18.0 Å². The molecule has 0 atom stereocenters. The summed E-state index contributed by atoms with van der Waals surface area (Å²) in [5.74, 6) is -0.272. The molecule has 0 aromatic heterocycles. The van der Waals surface area contributed by atoms with Gasteiger partial charge >= 0.3 is 6.18 Å². The molecule has 0 amide bonds. The molecule has 0 aliphatic heterocycles. The first-order chi connectivity index (χ1) is 8.45. The van der Waals surface area contributed by atoms with Gasteiger partial charge in [0.05, 0.1) is 6.42 Å². The summed E-state index contributed by atoms with van der Waals surface area (Å²) >= 11 is 0. The number of halogens is 3. The topological polar surface area (TPSA) is 26.3 Å². The Labute approximate surface area is 107 Å². The van der Waals surface area contributed by atoms with Crippen molar-refractivity contribution in [2.24, 2.45) is 0 Å². The molecule has 0 aromatic rings. The Bertz CT molecular complexity index is 215. The molecule has 0 radical (unpaired) electrons. The minimum Gasteiger partial charge on any atom is -0.385 e.